The van der Waals surface area contributed by atoms with Crippen LogP contribution in [0.5, 0.6) is 0 Å². The quantitative estimate of drug-likeness (QED) is 0.0161. The van der Waals surface area contributed by atoms with Crippen LogP contribution in [0.3, 0.4) is 0 Å². The number of hydrogen-bond donors (Lipinski definition) is 15. The van der Waals surface area contributed by atoms with Crippen molar-refractivity contribution in [3.63, 3.8) is 0 Å². The summed E-state index contributed by atoms with van der Waals surface area (Å²) in [6.07, 6.45) is 1.69. The van der Waals surface area contributed by atoms with Crippen molar-refractivity contribution >= 4 is 70.8 Å². The van der Waals surface area contributed by atoms with Crippen molar-refractivity contribution in [3.8, 4) is 0 Å². The van der Waals surface area contributed by atoms with E-state index >= 15 is 0 Å². The average Bonchev–Trinajstić information content (AvgIpc) is 3.54. The number of aliphatic carboxylic acids is 5. The number of aliphatic hydroxyl groups excluding tert-OH is 2. The second-order valence-electron chi connectivity index (χ2n) is 19.7. The van der Waals surface area contributed by atoms with E-state index < -0.39 is 132 Å². The zero-order valence-electron chi connectivity index (χ0n) is 45.8. The summed E-state index contributed by atoms with van der Waals surface area (Å²) in [5.74, 6) is -11.8. The SMILES string of the molecule is C[C@H](NC(=O)[C@H](CC(=O)O)Nc1c(NCCCc2cc3nc(c2)CN(CC(=O)O)CCN(CC(=O)O)CCN(CC(=O)O)C3)c(=O)c1=O)C(=O)N[C@@H](Cc1cnc[nH]1)C(=O)N[C@@H](CO)C(=O)N[C@@H](Cc1ccccc1)C(=O)N[C@@H](CO)C(=O)O.[Gd]. The van der Waals surface area contributed by atoms with Crippen LogP contribution in [0, 0.1) is 39.9 Å². The Balaban J connectivity index is 0.0000155. The van der Waals surface area contributed by atoms with Crippen LogP contribution in [-0.4, -0.2) is 227 Å². The summed E-state index contributed by atoms with van der Waals surface area (Å²) in [7, 11) is 0. The minimum Gasteiger partial charge on any atom is -0.481 e. The molecule has 0 unspecified atom stereocenters. The van der Waals surface area contributed by atoms with Gasteiger partial charge in [-0.2, -0.15) is 0 Å². The number of fused-ring (bicyclic) bond motifs is 2. The Morgan fingerprint density at radius 2 is 1.08 bits per heavy atom. The molecule has 2 aromatic carbocycles. The van der Waals surface area contributed by atoms with Crippen LogP contribution in [0.1, 0.15) is 48.0 Å². The van der Waals surface area contributed by atoms with Crippen molar-refractivity contribution < 1.29 is 124 Å². The standard InChI is InChI=1S/C52H67N13O19.Gd/c1-28(47(78)59-35(17-31-19-53-27-55-31)50(81)61-37(25-66)51(82)60-34(16-29-6-3-2-4-7-29)49(80)62-38(26-67)52(83)84)56-48(79)36(18-39(68)69)58-44-43(45(76)46(44)77)54-9-5-8-30-14-32-20-64(23-41(72)73)12-10-63(22-40(70)71)11-13-65(24-42(74)75)21-33(15-30)57-32;/h2-4,6-7,14-15,19,27-28,34-38,54,58,66-67H,5,8-13,16-18,20-26H2,1H3,(H,53,55)(H,56,79)(H,59,78)(H,60,82)(H,61,81)(H,62,80)(H,68,69)(H,70,71)(H,72,73)(H,74,75)(H,83,84);/t28-,34-,35-,36-,37-,38-;/m0./s1. The predicted octanol–water partition coefficient (Wildman–Crippen LogP) is -5.13. The molecule has 1 aliphatic heterocycles. The number of carboxylic acids is 5. The molecular weight excluding hydrogens is 1270 g/mol. The molecule has 0 aliphatic carbocycles. The molecule has 0 fully saturated rings. The number of benzene rings is 1. The van der Waals surface area contributed by atoms with Crippen molar-refractivity contribution in [2.24, 2.45) is 0 Å². The van der Waals surface area contributed by atoms with E-state index in [0.29, 0.717) is 35.4 Å². The molecule has 0 saturated heterocycles. The molecule has 33 heteroatoms. The number of amides is 5. The topological polar surface area (TPSA) is 482 Å². The molecule has 5 rings (SSSR count). The summed E-state index contributed by atoms with van der Waals surface area (Å²) < 4.78 is 0. The first kappa shape index (κ1) is 69.6. The number of nitrogens with one attached hydrogen (secondary N) is 8. The van der Waals surface area contributed by atoms with Crippen LogP contribution >= 0.6 is 0 Å². The molecule has 0 saturated carbocycles. The van der Waals surface area contributed by atoms with Crippen LogP contribution in [0.15, 0.2) is 64.6 Å². The van der Waals surface area contributed by atoms with Crippen LogP contribution in [0.4, 0.5) is 11.4 Å². The summed E-state index contributed by atoms with van der Waals surface area (Å²) >= 11 is 0. The van der Waals surface area contributed by atoms with Crippen molar-refractivity contribution in [1.29, 1.82) is 0 Å². The number of anilines is 2. The number of H-pyrrole nitrogens is 1. The Bertz CT molecular complexity index is 3010. The largest absolute Gasteiger partial charge is 0.481 e. The molecule has 32 nitrogen and oxygen atoms in total. The van der Waals surface area contributed by atoms with Gasteiger partial charge in [0, 0.05) is 110 Å². The minimum absolute atomic E-state index is 0. The van der Waals surface area contributed by atoms with Gasteiger partial charge in [-0.3, -0.25) is 72.4 Å². The van der Waals surface area contributed by atoms with E-state index in [2.05, 4.69) is 52.2 Å². The normalized spacial score (nSPS) is 15.3. The van der Waals surface area contributed by atoms with Gasteiger partial charge in [0.25, 0.3) is 10.9 Å². The van der Waals surface area contributed by atoms with Gasteiger partial charge in [0.1, 0.15) is 47.6 Å². The molecule has 6 atom stereocenters. The predicted molar refractivity (Wildman–Crippen MR) is 292 cm³/mol. The molecule has 0 radical (unpaired) electrons. The Morgan fingerprint density at radius 3 is 1.61 bits per heavy atom. The molecule has 1 aliphatic rings. The van der Waals surface area contributed by atoms with E-state index in [1.54, 1.807) is 57.2 Å². The summed E-state index contributed by atoms with van der Waals surface area (Å²) in [5, 5.41) is 84.5. The molecule has 85 heavy (non-hydrogen) atoms. The smallest absolute Gasteiger partial charge is 0.328 e. The number of nitrogens with zero attached hydrogens (tertiary/aromatic N) is 5. The molecule has 3 heterocycles. The molecule has 4 aromatic rings. The van der Waals surface area contributed by atoms with Crippen molar-refractivity contribution in [2.45, 2.75) is 88.4 Å². The van der Waals surface area contributed by atoms with Gasteiger partial charge >= 0.3 is 29.8 Å². The van der Waals surface area contributed by atoms with Crippen LogP contribution in [0.2, 0.25) is 0 Å². The maximum Gasteiger partial charge on any atom is 0.328 e. The number of rotatable bonds is 32. The summed E-state index contributed by atoms with van der Waals surface area (Å²) in [6, 6.07) is 1.73. The first-order valence-corrected chi connectivity index (χ1v) is 26.3. The van der Waals surface area contributed by atoms with Crippen molar-refractivity contribution in [3.05, 3.63) is 104 Å². The fourth-order valence-corrected chi connectivity index (χ4v) is 8.84. The monoisotopic (exact) mass is 1340 g/mol. The maximum atomic E-state index is 13.8. The molecule has 0 spiro atoms. The second kappa shape index (κ2) is 34.1. The second-order valence-corrected chi connectivity index (χ2v) is 19.7. The maximum absolute atomic E-state index is 13.8. The van der Waals surface area contributed by atoms with Gasteiger partial charge in [-0.05, 0) is 43.0 Å². The fourth-order valence-electron chi connectivity index (χ4n) is 8.84. The van der Waals surface area contributed by atoms with Gasteiger partial charge < -0.3 is 77.9 Å². The van der Waals surface area contributed by atoms with Gasteiger partial charge in [-0.25, -0.2) is 9.78 Å². The fraction of sp³-hybridized carbons (Fsp3) is 0.462. The summed E-state index contributed by atoms with van der Waals surface area (Å²) in [5.41, 5.74) is -0.370. The number of aryl methyl sites for hydroxylation is 1. The van der Waals surface area contributed by atoms with E-state index in [-0.39, 0.29) is 130 Å². The first-order chi connectivity index (χ1) is 39.9. The Hall–Kier alpha value is -7.92. The molecule has 462 valence electrons. The van der Waals surface area contributed by atoms with E-state index in [9.17, 15) is 93.3 Å². The van der Waals surface area contributed by atoms with E-state index in [0.717, 1.165) is 0 Å². The van der Waals surface area contributed by atoms with Crippen LogP contribution in [-0.2, 0) is 80.3 Å². The molecule has 5 amide bonds. The third-order valence-electron chi connectivity index (χ3n) is 13.1. The van der Waals surface area contributed by atoms with Gasteiger partial charge in [0.05, 0.1) is 57.0 Å². The first-order valence-electron chi connectivity index (χ1n) is 26.3. The Kier molecular flexibility index (Phi) is 27.9. The van der Waals surface area contributed by atoms with Crippen molar-refractivity contribution in [2.75, 3.05) is 76.2 Å². The number of pyridine rings is 1. The van der Waals surface area contributed by atoms with Crippen molar-refractivity contribution in [1.82, 2.24) is 56.2 Å². The average molecular weight is 1340 g/mol. The van der Waals surface area contributed by atoms with E-state index in [4.69, 9.17) is 0 Å². The van der Waals surface area contributed by atoms with Crippen LogP contribution < -0.4 is 48.1 Å². The third kappa shape index (κ3) is 22.5. The number of aromatic amines is 1. The zero-order chi connectivity index (χ0) is 61.6. The van der Waals surface area contributed by atoms with Gasteiger partial charge in [-0.15, -0.1) is 0 Å². The van der Waals surface area contributed by atoms with E-state index in [1.807, 2.05) is 0 Å². The number of carbonyl (C=O) groups is 10. The van der Waals surface area contributed by atoms with Gasteiger partial charge in [-0.1, -0.05) is 30.3 Å². The Labute approximate surface area is 515 Å². The molecule has 15 N–H and O–H groups in total. The third-order valence-corrected chi connectivity index (χ3v) is 13.1. The summed E-state index contributed by atoms with van der Waals surface area (Å²) in [6.45, 7) is -1.20. The number of aliphatic hydroxyl groups is 2. The number of carboxylic acid groups (broad SMARTS) is 5. The van der Waals surface area contributed by atoms with Gasteiger partial charge in [0.2, 0.25) is 29.5 Å². The number of imidazole rings is 1. The van der Waals surface area contributed by atoms with Gasteiger partial charge in [0.15, 0.2) is 0 Å². The van der Waals surface area contributed by atoms with E-state index in [1.165, 1.54) is 19.4 Å². The number of carbonyl (C=O) groups excluding carboxylic acids is 5. The Morgan fingerprint density at radius 1 is 0.588 bits per heavy atom. The van der Waals surface area contributed by atoms with Crippen LogP contribution in [0.25, 0.3) is 0 Å². The zero-order valence-corrected chi connectivity index (χ0v) is 48.1. The number of hydrogen-bond acceptors (Lipinski definition) is 21. The minimum atomic E-state index is -1.78. The summed E-state index contributed by atoms with van der Waals surface area (Å²) in [4.78, 5) is 169. The molecule has 2 bridgehead atoms. The number of aromatic nitrogens is 3. The molecule has 2 aromatic heterocycles. The molecular formula is C52H67GdN13O19.